The van der Waals surface area contributed by atoms with Crippen LogP contribution in [-0.2, 0) is 14.3 Å². The number of aryl methyl sites for hydroxylation is 1. The van der Waals surface area contributed by atoms with Crippen molar-refractivity contribution < 1.29 is 17.7 Å². The van der Waals surface area contributed by atoms with E-state index in [0.29, 0.717) is 5.56 Å². The summed E-state index contributed by atoms with van der Waals surface area (Å²) in [5.74, 6) is 0. The second kappa shape index (κ2) is 6.17. The Morgan fingerprint density at radius 1 is 1.05 bits per heavy atom. The fourth-order valence-corrected chi connectivity index (χ4v) is 2.83. The Morgan fingerprint density at radius 3 is 2.20 bits per heavy atom. The van der Waals surface area contributed by atoms with Crippen LogP contribution in [0.25, 0.3) is 0 Å². The van der Waals surface area contributed by atoms with Gasteiger partial charge in [-0.05, 0) is 24.6 Å². The van der Waals surface area contributed by atoms with Crippen LogP contribution in [0.15, 0.2) is 59.5 Å². The third-order valence-electron chi connectivity index (χ3n) is 2.89. The molecule has 0 saturated carbocycles. The van der Waals surface area contributed by atoms with Crippen molar-refractivity contribution in [1.29, 1.82) is 0 Å². The van der Waals surface area contributed by atoms with Gasteiger partial charge in [0.05, 0.1) is 11.5 Å². The summed E-state index contributed by atoms with van der Waals surface area (Å²) in [5, 5.41) is 9.34. The first-order valence-corrected chi connectivity index (χ1v) is 7.59. The Kier molecular flexibility index (Phi) is 4.54. The second-order valence-electron chi connectivity index (χ2n) is 4.45. The van der Waals surface area contributed by atoms with Gasteiger partial charge in [-0.3, -0.25) is 4.18 Å². The molecular weight excluding hydrogens is 276 g/mol. The molecule has 4 nitrogen and oxygen atoms in total. The average molecular weight is 292 g/mol. The fraction of sp³-hybridized carbons (Fsp3) is 0.200. The summed E-state index contributed by atoms with van der Waals surface area (Å²) in [5.41, 5.74) is 1.58. The molecule has 20 heavy (non-hydrogen) atoms. The summed E-state index contributed by atoms with van der Waals surface area (Å²) in [7, 11) is -3.90. The molecule has 0 fully saturated rings. The molecule has 1 N–H and O–H groups in total. The Hall–Kier alpha value is -1.69. The van der Waals surface area contributed by atoms with Gasteiger partial charge in [-0.1, -0.05) is 48.0 Å². The third kappa shape index (κ3) is 3.45. The van der Waals surface area contributed by atoms with E-state index in [0.717, 1.165) is 5.56 Å². The maximum atomic E-state index is 12.2. The van der Waals surface area contributed by atoms with Crippen LogP contribution in [0.4, 0.5) is 0 Å². The number of hydrogen-bond acceptors (Lipinski definition) is 4. The zero-order valence-electron chi connectivity index (χ0n) is 11.1. The van der Waals surface area contributed by atoms with Crippen LogP contribution in [0, 0.1) is 6.92 Å². The standard InChI is InChI=1S/C15H16O4S/c1-12-7-9-14(10-8-12)20(17,18)19-15(11-16)13-5-3-2-4-6-13/h2-10,15-16H,11H2,1H3/t15-/m0/s1. The molecule has 0 saturated heterocycles. The van der Waals surface area contributed by atoms with E-state index in [1.54, 1.807) is 36.4 Å². The van der Waals surface area contributed by atoms with Crippen LogP contribution in [0.2, 0.25) is 0 Å². The lowest BCUT2D eigenvalue weighted by Crippen LogP contribution is -2.15. The molecule has 0 aromatic heterocycles. The highest BCUT2D eigenvalue weighted by Gasteiger charge is 2.22. The average Bonchev–Trinajstić information content (AvgIpc) is 2.46. The summed E-state index contributed by atoms with van der Waals surface area (Å²) in [6, 6.07) is 15.1. The summed E-state index contributed by atoms with van der Waals surface area (Å²) in [6.07, 6.45) is -0.900. The number of aliphatic hydroxyl groups is 1. The van der Waals surface area contributed by atoms with Crippen molar-refractivity contribution in [2.45, 2.75) is 17.9 Å². The van der Waals surface area contributed by atoms with Crippen LogP contribution in [0.1, 0.15) is 17.2 Å². The monoisotopic (exact) mass is 292 g/mol. The van der Waals surface area contributed by atoms with E-state index in [2.05, 4.69) is 0 Å². The first-order valence-electron chi connectivity index (χ1n) is 6.19. The number of benzene rings is 2. The summed E-state index contributed by atoms with van der Waals surface area (Å²) < 4.78 is 29.4. The van der Waals surface area contributed by atoms with Gasteiger partial charge in [0.15, 0.2) is 0 Å². The normalized spacial score (nSPS) is 13.1. The Balaban J connectivity index is 2.24. The molecular formula is C15H16O4S. The van der Waals surface area contributed by atoms with Gasteiger partial charge in [0.25, 0.3) is 10.1 Å². The highest BCUT2D eigenvalue weighted by Crippen LogP contribution is 2.23. The lowest BCUT2D eigenvalue weighted by molar-refractivity contribution is 0.122. The molecule has 0 unspecified atom stereocenters. The molecule has 0 spiro atoms. The van der Waals surface area contributed by atoms with Gasteiger partial charge in [-0.2, -0.15) is 8.42 Å². The van der Waals surface area contributed by atoms with Gasteiger partial charge in [-0.15, -0.1) is 0 Å². The van der Waals surface area contributed by atoms with E-state index in [9.17, 15) is 13.5 Å². The first-order chi connectivity index (χ1) is 9.53. The first kappa shape index (κ1) is 14.7. The van der Waals surface area contributed by atoms with Crippen LogP contribution >= 0.6 is 0 Å². The van der Waals surface area contributed by atoms with Crippen LogP contribution < -0.4 is 0 Å². The lowest BCUT2D eigenvalue weighted by atomic mass is 10.1. The minimum absolute atomic E-state index is 0.0810. The largest absolute Gasteiger partial charge is 0.393 e. The lowest BCUT2D eigenvalue weighted by Gasteiger charge is -2.15. The zero-order valence-corrected chi connectivity index (χ0v) is 11.9. The van der Waals surface area contributed by atoms with Gasteiger partial charge in [0, 0.05) is 0 Å². The van der Waals surface area contributed by atoms with E-state index in [-0.39, 0.29) is 4.90 Å². The van der Waals surface area contributed by atoms with Crippen molar-refractivity contribution in [3.05, 3.63) is 65.7 Å². The van der Waals surface area contributed by atoms with Crippen LogP contribution in [-0.4, -0.2) is 20.1 Å². The summed E-state index contributed by atoms with van der Waals surface area (Å²) >= 11 is 0. The van der Waals surface area contributed by atoms with Gasteiger partial charge in [0.1, 0.15) is 6.10 Å². The van der Waals surface area contributed by atoms with E-state index >= 15 is 0 Å². The minimum atomic E-state index is -3.90. The van der Waals surface area contributed by atoms with Gasteiger partial charge in [0.2, 0.25) is 0 Å². The molecule has 0 aliphatic rings. The summed E-state index contributed by atoms with van der Waals surface area (Å²) in [6.45, 7) is 1.47. The van der Waals surface area contributed by atoms with Crippen LogP contribution in [0.5, 0.6) is 0 Å². The van der Waals surface area contributed by atoms with Crippen molar-refractivity contribution in [3.63, 3.8) is 0 Å². The molecule has 0 bridgehead atoms. The fourth-order valence-electron chi connectivity index (χ4n) is 1.77. The number of hydrogen-bond donors (Lipinski definition) is 1. The van der Waals surface area contributed by atoms with E-state index in [1.165, 1.54) is 12.1 Å². The van der Waals surface area contributed by atoms with E-state index in [4.69, 9.17) is 4.18 Å². The predicted octanol–water partition coefficient (Wildman–Crippen LogP) is 2.43. The van der Waals surface area contributed by atoms with Crippen molar-refractivity contribution in [3.8, 4) is 0 Å². The van der Waals surface area contributed by atoms with Crippen molar-refractivity contribution in [2.24, 2.45) is 0 Å². The number of rotatable bonds is 5. The smallest absolute Gasteiger partial charge is 0.297 e. The minimum Gasteiger partial charge on any atom is -0.393 e. The van der Waals surface area contributed by atoms with Crippen LogP contribution in [0.3, 0.4) is 0 Å². The predicted molar refractivity (Wildman–Crippen MR) is 75.7 cm³/mol. The molecule has 2 aromatic rings. The van der Waals surface area contributed by atoms with Gasteiger partial charge in [-0.25, -0.2) is 0 Å². The molecule has 0 heterocycles. The van der Waals surface area contributed by atoms with Crippen molar-refractivity contribution in [1.82, 2.24) is 0 Å². The molecule has 2 aromatic carbocycles. The number of aliphatic hydroxyl groups excluding tert-OH is 1. The second-order valence-corrected chi connectivity index (χ2v) is 6.02. The Morgan fingerprint density at radius 2 is 1.65 bits per heavy atom. The maximum Gasteiger partial charge on any atom is 0.297 e. The highest BCUT2D eigenvalue weighted by molar-refractivity contribution is 7.86. The zero-order chi connectivity index (χ0) is 14.6. The van der Waals surface area contributed by atoms with Crippen molar-refractivity contribution in [2.75, 3.05) is 6.61 Å². The maximum absolute atomic E-state index is 12.2. The Labute approximate surface area is 118 Å². The van der Waals surface area contributed by atoms with E-state index in [1.807, 2.05) is 13.0 Å². The topological polar surface area (TPSA) is 63.6 Å². The quantitative estimate of drug-likeness (QED) is 0.860. The third-order valence-corrected chi connectivity index (χ3v) is 4.22. The Bertz CT molecular complexity index is 648. The molecule has 0 aliphatic heterocycles. The van der Waals surface area contributed by atoms with E-state index < -0.39 is 22.8 Å². The molecule has 0 aliphatic carbocycles. The molecule has 0 amide bonds. The van der Waals surface area contributed by atoms with Gasteiger partial charge >= 0.3 is 0 Å². The molecule has 1 atom stereocenters. The molecule has 106 valence electrons. The molecule has 0 radical (unpaired) electrons. The summed E-state index contributed by atoms with van der Waals surface area (Å²) in [4.78, 5) is 0.0810. The highest BCUT2D eigenvalue weighted by atomic mass is 32.2. The molecule has 5 heteroatoms. The van der Waals surface area contributed by atoms with Gasteiger partial charge < -0.3 is 5.11 Å². The molecule has 2 rings (SSSR count). The van der Waals surface area contributed by atoms with Crippen molar-refractivity contribution >= 4 is 10.1 Å². The SMILES string of the molecule is Cc1ccc(S(=O)(=O)O[C@@H](CO)c2ccccc2)cc1.